The molecule has 6 rings (SSSR count). The van der Waals surface area contributed by atoms with Crippen LogP contribution in [0.4, 0.5) is 22.7 Å². The lowest BCUT2D eigenvalue weighted by atomic mass is 9.93. The largest absolute Gasteiger partial charge is 0.372 e. The maximum atomic E-state index is 2.68. The molecule has 0 saturated carbocycles. The summed E-state index contributed by atoms with van der Waals surface area (Å²) in [6, 6.07) is 30.4. The Labute approximate surface area is 388 Å². The molecule has 0 aliphatic rings. The molecule has 0 N–H and O–H groups in total. The van der Waals surface area contributed by atoms with E-state index in [1.165, 1.54) is 83.5 Å². The molecule has 2 heterocycles. The van der Waals surface area contributed by atoms with Gasteiger partial charge in [0.25, 0.3) is 0 Å². The summed E-state index contributed by atoms with van der Waals surface area (Å²) < 4.78 is 4.69. The highest BCUT2D eigenvalue weighted by molar-refractivity contribution is 5.98. The number of nitrogens with zero attached hydrogens (tertiary/aromatic N) is 6. The number of aromatic nitrogens is 2. The number of fused-ring (bicyclic) bond motifs is 2. The SMILES string of the molecule is CCN(CC)c1cc(-c2c3ccccc3cc[n+]2C)c(C)c(N(CC)CCc2cccc3c(-c4cc(N(CC(C)C)CC(C)C)cc(N(CC(C)C)CC(C)C)c4C)[n+](C)ccc23)c1. The molecule has 342 valence electrons. The zero-order valence-corrected chi connectivity index (χ0v) is 42.5. The molecule has 0 saturated heterocycles. The van der Waals surface area contributed by atoms with Crippen molar-refractivity contribution < 1.29 is 9.13 Å². The summed E-state index contributed by atoms with van der Waals surface area (Å²) in [6.45, 7) is 38.3. The smallest absolute Gasteiger partial charge is 0.220 e. The van der Waals surface area contributed by atoms with Crippen LogP contribution in [0.25, 0.3) is 44.1 Å². The maximum Gasteiger partial charge on any atom is 0.220 e. The zero-order chi connectivity index (χ0) is 46.4. The van der Waals surface area contributed by atoms with Crippen LogP contribution in [0.5, 0.6) is 0 Å². The highest BCUT2D eigenvalue weighted by Crippen LogP contribution is 2.40. The van der Waals surface area contributed by atoms with Crippen molar-refractivity contribution in [3.63, 3.8) is 0 Å². The van der Waals surface area contributed by atoms with Gasteiger partial charge in [0.05, 0.1) is 21.9 Å². The van der Waals surface area contributed by atoms with Gasteiger partial charge < -0.3 is 19.6 Å². The molecule has 64 heavy (non-hydrogen) atoms. The third-order valence-corrected chi connectivity index (χ3v) is 13.1. The molecule has 0 amide bonds. The Balaban J connectivity index is 1.48. The van der Waals surface area contributed by atoms with Gasteiger partial charge in [-0.25, -0.2) is 9.13 Å². The van der Waals surface area contributed by atoms with Crippen molar-refractivity contribution in [3.8, 4) is 22.5 Å². The van der Waals surface area contributed by atoms with Gasteiger partial charge in [-0.3, -0.25) is 0 Å². The molecule has 0 atom stereocenters. The van der Waals surface area contributed by atoms with Gasteiger partial charge in [-0.2, -0.15) is 0 Å². The number of likely N-dealkylation sites (N-methyl/N-ethyl adjacent to an activating group) is 1. The second-order valence-electron chi connectivity index (χ2n) is 20.2. The van der Waals surface area contributed by atoms with Crippen LogP contribution in [0.3, 0.4) is 0 Å². The van der Waals surface area contributed by atoms with E-state index in [2.05, 4.69) is 224 Å². The minimum Gasteiger partial charge on any atom is -0.372 e. The van der Waals surface area contributed by atoms with Gasteiger partial charge in [0.2, 0.25) is 11.4 Å². The minimum absolute atomic E-state index is 0.558. The normalized spacial score (nSPS) is 11.9. The van der Waals surface area contributed by atoms with E-state index in [4.69, 9.17) is 0 Å². The summed E-state index contributed by atoms with van der Waals surface area (Å²) >= 11 is 0. The summed E-state index contributed by atoms with van der Waals surface area (Å²) in [4.78, 5) is 10.5. The average molecular weight is 863 g/mol. The number of rotatable bonds is 20. The molecule has 0 spiro atoms. The van der Waals surface area contributed by atoms with Crippen LogP contribution in [0.2, 0.25) is 0 Å². The van der Waals surface area contributed by atoms with E-state index in [1.807, 2.05) is 0 Å². The lowest BCUT2D eigenvalue weighted by Gasteiger charge is -2.34. The minimum atomic E-state index is 0.558. The second-order valence-corrected chi connectivity index (χ2v) is 20.2. The van der Waals surface area contributed by atoms with E-state index < -0.39 is 0 Å². The second kappa shape index (κ2) is 21.3. The van der Waals surface area contributed by atoms with E-state index in [0.717, 1.165) is 58.8 Å². The number of aryl methyl sites for hydroxylation is 2. The van der Waals surface area contributed by atoms with Crippen molar-refractivity contribution in [2.24, 2.45) is 37.8 Å². The van der Waals surface area contributed by atoms with Crippen LogP contribution in [-0.2, 0) is 20.5 Å². The molecule has 6 heteroatoms. The van der Waals surface area contributed by atoms with Gasteiger partial charge in [0, 0.05) is 87.2 Å². The number of benzene rings is 4. The Morgan fingerprint density at radius 3 is 1.48 bits per heavy atom. The maximum absolute atomic E-state index is 2.68. The van der Waals surface area contributed by atoms with Crippen molar-refractivity contribution in [2.45, 2.75) is 96.4 Å². The molecule has 0 fully saturated rings. The van der Waals surface area contributed by atoms with Crippen molar-refractivity contribution in [1.29, 1.82) is 0 Å². The molecule has 0 radical (unpaired) electrons. The Kier molecular flexibility index (Phi) is 16.1. The zero-order valence-electron chi connectivity index (χ0n) is 42.5. The lowest BCUT2D eigenvalue weighted by Crippen LogP contribution is -2.35. The predicted molar refractivity (Wildman–Crippen MR) is 280 cm³/mol. The summed E-state index contributed by atoms with van der Waals surface area (Å²) in [7, 11) is 4.43. The number of hydrogen-bond acceptors (Lipinski definition) is 4. The van der Waals surface area contributed by atoms with Crippen LogP contribution in [-0.4, -0.2) is 52.4 Å². The van der Waals surface area contributed by atoms with Gasteiger partial charge in [-0.1, -0.05) is 85.7 Å². The van der Waals surface area contributed by atoms with Crippen molar-refractivity contribution in [3.05, 3.63) is 108 Å². The van der Waals surface area contributed by atoms with Gasteiger partial charge in [-0.15, -0.1) is 0 Å². The molecule has 6 nitrogen and oxygen atoms in total. The highest BCUT2D eigenvalue weighted by atomic mass is 15.2. The van der Waals surface area contributed by atoms with E-state index >= 15 is 0 Å². The molecule has 0 unspecified atom stereocenters. The molecule has 2 aromatic heterocycles. The van der Waals surface area contributed by atoms with Crippen LogP contribution in [0.1, 0.15) is 92.9 Å². The molecule has 0 bridgehead atoms. The number of anilines is 4. The topological polar surface area (TPSA) is 20.7 Å². The van der Waals surface area contributed by atoms with Gasteiger partial charge >= 0.3 is 0 Å². The van der Waals surface area contributed by atoms with Crippen LogP contribution in [0, 0.1) is 37.5 Å². The first kappa shape index (κ1) is 48.4. The first-order chi connectivity index (χ1) is 30.6. The van der Waals surface area contributed by atoms with Gasteiger partial charge in [0.15, 0.2) is 12.4 Å². The summed E-state index contributed by atoms with van der Waals surface area (Å²) in [5.41, 5.74) is 14.6. The fourth-order valence-electron chi connectivity index (χ4n) is 10.2. The molecule has 6 aromatic rings. The van der Waals surface area contributed by atoms with Crippen LogP contribution >= 0.6 is 0 Å². The molecule has 0 aliphatic carbocycles. The molecular formula is C58H82N6+2. The van der Waals surface area contributed by atoms with Crippen molar-refractivity contribution in [2.75, 3.05) is 72.0 Å². The highest BCUT2D eigenvalue weighted by Gasteiger charge is 2.27. The van der Waals surface area contributed by atoms with E-state index in [1.54, 1.807) is 0 Å². The van der Waals surface area contributed by atoms with Gasteiger partial charge in [0.1, 0.15) is 14.1 Å². The molecular weight excluding hydrogens is 781 g/mol. The first-order valence-corrected chi connectivity index (χ1v) is 24.6. The molecule has 4 aromatic carbocycles. The standard InChI is InChI=1S/C58H82N6/c1-16-61(17-2)48-32-53(57-51-24-20-19-22-47(51)26-29-59(57)14)44(12)55(34-48)62(18-3)31-27-46-23-21-25-52-50(46)28-30-60(15)58(52)54-33-49(63(36-40(4)5)37-41(6)7)35-56(45(54)13)64(38-42(8)9)39-43(10)11/h19-26,28-30,32-35,40-43H,16-18,27,31,36-39H2,1-15H3/q+2. The van der Waals surface area contributed by atoms with Crippen molar-refractivity contribution in [1.82, 2.24) is 0 Å². The van der Waals surface area contributed by atoms with E-state index in [-0.39, 0.29) is 0 Å². The summed E-state index contributed by atoms with van der Waals surface area (Å²) in [5.74, 6) is 2.24. The van der Waals surface area contributed by atoms with Crippen molar-refractivity contribution >= 4 is 44.3 Å². The first-order valence-electron chi connectivity index (χ1n) is 24.6. The van der Waals surface area contributed by atoms with E-state index in [0.29, 0.717) is 23.7 Å². The van der Waals surface area contributed by atoms with Crippen LogP contribution in [0.15, 0.2) is 91.3 Å². The Hall–Kier alpha value is -5.10. The Morgan fingerprint density at radius 1 is 0.469 bits per heavy atom. The summed E-state index contributed by atoms with van der Waals surface area (Å²) in [5, 5.41) is 5.22. The quantitative estimate of drug-likeness (QED) is 0.0713. The fourth-order valence-corrected chi connectivity index (χ4v) is 10.2. The number of pyridine rings is 2. The lowest BCUT2D eigenvalue weighted by molar-refractivity contribution is -0.659. The monoisotopic (exact) mass is 863 g/mol. The third kappa shape index (κ3) is 10.7. The van der Waals surface area contributed by atoms with Gasteiger partial charge in [-0.05, 0) is 129 Å². The summed E-state index contributed by atoms with van der Waals surface area (Å²) in [6.07, 6.45) is 5.47. The van der Waals surface area contributed by atoms with E-state index in [9.17, 15) is 0 Å². The van der Waals surface area contributed by atoms with Crippen LogP contribution < -0.4 is 28.7 Å². The third-order valence-electron chi connectivity index (χ3n) is 13.1. The Bertz CT molecular complexity index is 2490. The predicted octanol–water partition coefficient (Wildman–Crippen LogP) is 12.7. The average Bonchev–Trinajstić information content (AvgIpc) is 3.24. The molecule has 0 aliphatic heterocycles. The number of hydrogen-bond donors (Lipinski definition) is 0. The Morgan fingerprint density at radius 2 is 0.938 bits per heavy atom. The fraction of sp³-hybridized carbons (Fsp3) is 0.483.